The largest absolute Gasteiger partial charge is 0.398 e. The molecule has 1 aromatic carbocycles. The van der Waals surface area contributed by atoms with Gasteiger partial charge in [0.05, 0.1) is 11.1 Å². The van der Waals surface area contributed by atoms with Gasteiger partial charge in [-0.15, -0.1) is 23.1 Å². The van der Waals surface area contributed by atoms with Gasteiger partial charge in [-0.1, -0.05) is 11.9 Å². The maximum absolute atomic E-state index is 7.59. The van der Waals surface area contributed by atoms with Gasteiger partial charge < -0.3 is 16.5 Å². The zero-order chi connectivity index (χ0) is 19.0. The number of hydrogen-bond donors (Lipinski definition) is 3. The third-order valence-electron chi connectivity index (χ3n) is 4.67. The molecule has 140 valence electrons. The second-order valence-corrected chi connectivity index (χ2v) is 8.97. The molecule has 3 aromatic rings. The molecule has 2 aromatic heterocycles. The number of fused-ring (bicyclic) bond motifs is 3. The monoisotopic (exact) mass is 416 g/mol. The molecule has 0 bridgehead atoms. The van der Waals surface area contributed by atoms with E-state index in [1.807, 2.05) is 18.4 Å². The molecule has 9 heteroatoms. The van der Waals surface area contributed by atoms with Crippen LogP contribution in [-0.4, -0.2) is 39.5 Å². The first-order chi connectivity index (χ1) is 13.1. The summed E-state index contributed by atoms with van der Waals surface area (Å²) in [5.41, 5.74) is 9.62. The van der Waals surface area contributed by atoms with Crippen LogP contribution >= 0.6 is 35.0 Å². The van der Waals surface area contributed by atoms with Crippen LogP contribution in [0.4, 0.5) is 17.2 Å². The number of nitrogens with zero attached hydrogens (tertiary/aromatic N) is 3. The summed E-state index contributed by atoms with van der Waals surface area (Å²) in [6.45, 7) is 1.98. The van der Waals surface area contributed by atoms with Crippen molar-refractivity contribution >= 4 is 68.7 Å². The predicted octanol–water partition coefficient (Wildman–Crippen LogP) is 4.37. The van der Waals surface area contributed by atoms with E-state index in [9.17, 15) is 0 Å². The summed E-state index contributed by atoms with van der Waals surface area (Å²) in [4.78, 5) is 12.5. The minimum atomic E-state index is 0.609. The van der Waals surface area contributed by atoms with Crippen LogP contribution in [0.15, 0.2) is 23.4 Å². The quantitative estimate of drug-likeness (QED) is 0.246. The maximum Gasteiger partial charge on any atom is 0.142 e. The molecule has 0 unspecified atom stereocenters. The number of thiophene rings is 1. The van der Waals surface area contributed by atoms with Crippen molar-refractivity contribution < 1.29 is 0 Å². The van der Waals surface area contributed by atoms with Gasteiger partial charge in [0, 0.05) is 40.3 Å². The smallest absolute Gasteiger partial charge is 0.142 e. The molecule has 0 amide bonds. The fraction of sp³-hybridized carbons (Fsp3) is 0.278. The Bertz CT molecular complexity index is 1020. The fourth-order valence-corrected chi connectivity index (χ4v) is 5.68. The van der Waals surface area contributed by atoms with E-state index >= 15 is 0 Å². The summed E-state index contributed by atoms with van der Waals surface area (Å²) in [6, 6.07) is 3.82. The summed E-state index contributed by atoms with van der Waals surface area (Å²) in [6.07, 6.45) is 8.04. The Morgan fingerprint density at radius 1 is 1.33 bits per heavy atom. The van der Waals surface area contributed by atoms with Crippen LogP contribution in [0.1, 0.15) is 16.0 Å². The van der Waals surface area contributed by atoms with Crippen LogP contribution in [0.2, 0.25) is 0 Å². The van der Waals surface area contributed by atoms with Crippen molar-refractivity contribution in [2.75, 3.05) is 30.1 Å². The molecule has 0 fully saturated rings. The first-order valence-electron chi connectivity index (χ1n) is 8.44. The average molecular weight is 417 g/mol. The molecule has 1 aliphatic heterocycles. The van der Waals surface area contributed by atoms with Crippen LogP contribution in [0.25, 0.3) is 10.2 Å². The highest BCUT2D eigenvalue weighted by atomic mass is 32.2. The SMILES string of the molecule is CSc1cc(N)c(C=N)cc1Nc1ncnc2sc3c(c12)CCN(SC)C3. The average Bonchev–Trinajstić information content (AvgIpc) is 3.07. The molecule has 0 radical (unpaired) electrons. The van der Waals surface area contributed by atoms with Crippen molar-refractivity contribution in [1.29, 1.82) is 5.41 Å². The lowest BCUT2D eigenvalue weighted by Gasteiger charge is -2.24. The van der Waals surface area contributed by atoms with Crippen molar-refractivity contribution in [2.45, 2.75) is 17.9 Å². The third-order valence-corrected chi connectivity index (χ3v) is 7.40. The number of hydrogen-bond acceptors (Lipinski definition) is 9. The van der Waals surface area contributed by atoms with Gasteiger partial charge in [0.15, 0.2) is 0 Å². The molecule has 3 heterocycles. The summed E-state index contributed by atoms with van der Waals surface area (Å²) < 4.78 is 2.38. The Morgan fingerprint density at radius 2 is 2.19 bits per heavy atom. The Balaban J connectivity index is 1.80. The van der Waals surface area contributed by atoms with Crippen molar-refractivity contribution in [3.05, 3.63) is 34.5 Å². The molecule has 0 atom stereocenters. The van der Waals surface area contributed by atoms with Crippen LogP contribution in [0.5, 0.6) is 0 Å². The fourth-order valence-electron chi connectivity index (χ4n) is 3.29. The lowest BCUT2D eigenvalue weighted by Crippen LogP contribution is -2.22. The van der Waals surface area contributed by atoms with E-state index in [4.69, 9.17) is 11.1 Å². The zero-order valence-corrected chi connectivity index (χ0v) is 17.5. The summed E-state index contributed by atoms with van der Waals surface area (Å²) in [7, 11) is 0. The minimum Gasteiger partial charge on any atom is -0.398 e. The van der Waals surface area contributed by atoms with E-state index in [0.717, 1.165) is 46.1 Å². The molecule has 4 rings (SSSR count). The maximum atomic E-state index is 7.59. The number of rotatable bonds is 5. The van der Waals surface area contributed by atoms with Crippen LogP contribution in [-0.2, 0) is 13.0 Å². The molecule has 0 aliphatic carbocycles. The summed E-state index contributed by atoms with van der Waals surface area (Å²) in [5, 5.41) is 12.2. The molecule has 4 N–H and O–H groups in total. The molecule has 0 spiro atoms. The first kappa shape index (κ1) is 18.5. The molecule has 0 saturated carbocycles. The van der Waals surface area contributed by atoms with Gasteiger partial charge in [-0.05, 0) is 36.6 Å². The van der Waals surface area contributed by atoms with Gasteiger partial charge in [0.2, 0.25) is 0 Å². The number of benzene rings is 1. The van der Waals surface area contributed by atoms with E-state index in [0.29, 0.717) is 11.3 Å². The van der Waals surface area contributed by atoms with Gasteiger partial charge in [0.25, 0.3) is 0 Å². The summed E-state index contributed by atoms with van der Waals surface area (Å²) >= 11 is 5.16. The van der Waals surface area contributed by atoms with E-state index in [1.165, 1.54) is 16.7 Å². The van der Waals surface area contributed by atoms with Gasteiger partial charge in [-0.25, -0.2) is 14.3 Å². The predicted molar refractivity (Wildman–Crippen MR) is 119 cm³/mol. The number of anilines is 3. The van der Waals surface area contributed by atoms with Crippen LogP contribution in [0.3, 0.4) is 0 Å². The van der Waals surface area contributed by atoms with Crippen LogP contribution < -0.4 is 11.1 Å². The van der Waals surface area contributed by atoms with Crippen molar-refractivity contribution in [1.82, 2.24) is 14.3 Å². The van der Waals surface area contributed by atoms with Gasteiger partial charge in [-0.2, -0.15) is 0 Å². The molecule has 6 nitrogen and oxygen atoms in total. The normalized spacial score (nSPS) is 14.3. The van der Waals surface area contributed by atoms with Gasteiger partial charge in [0.1, 0.15) is 17.0 Å². The summed E-state index contributed by atoms with van der Waals surface area (Å²) in [5.74, 6) is 0.825. The van der Waals surface area contributed by atoms with Crippen molar-refractivity contribution in [3.8, 4) is 0 Å². The van der Waals surface area contributed by atoms with Gasteiger partial charge in [-0.3, -0.25) is 0 Å². The second-order valence-electron chi connectivity index (χ2n) is 6.15. The van der Waals surface area contributed by atoms with Gasteiger partial charge >= 0.3 is 0 Å². The van der Waals surface area contributed by atoms with E-state index in [-0.39, 0.29) is 0 Å². The number of thioether (sulfide) groups is 1. The van der Waals surface area contributed by atoms with E-state index < -0.39 is 0 Å². The Hall–Kier alpha value is -1.81. The molecular weight excluding hydrogens is 396 g/mol. The Morgan fingerprint density at radius 3 is 2.93 bits per heavy atom. The minimum absolute atomic E-state index is 0.609. The number of nitrogen functional groups attached to an aromatic ring is 1. The number of nitrogens with one attached hydrogen (secondary N) is 2. The zero-order valence-electron chi connectivity index (χ0n) is 15.1. The molecular formula is C18H20N6S3. The third kappa shape index (κ3) is 3.40. The first-order valence-corrected chi connectivity index (χ1v) is 11.7. The Kier molecular flexibility index (Phi) is 5.27. The highest BCUT2D eigenvalue weighted by Crippen LogP contribution is 2.40. The van der Waals surface area contributed by atoms with Crippen molar-refractivity contribution in [3.63, 3.8) is 0 Å². The number of nitrogens with two attached hydrogens (primary N) is 1. The lowest BCUT2D eigenvalue weighted by atomic mass is 10.1. The van der Waals surface area contributed by atoms with Crippen molar-refractivity contribution in [2.24, 2.45) is 0 Å². The highest BCUT2D eigenvalue weighted by Gasteiger charge is 2.23. The standard InChI is InChI=1S/C18H20N6S3/c1-25-14-6-12(20)10(7-19)5-13(14)23-17-16-11-3-4-24(26-2)8-15(11)27-18(16)22-9-21-17/h5-7,9,19H,3-4,8,20H2,1-2H3,(H,21,22,23). The molecule has 0 saturated heterocycles. The molecule has 1 aliphatic rings. The second kappa shape index (κ2) is 7.67. The van der Waals surface area contributed by atoms with E-state index in [2.05, 4.69) is 25.8 Å². The van der Waals surface area contributed by atoms with E-state index in [1.54, 1.807) is 41.4 Å². The topological polar surface area (TPSA) is 90.9 Å². The number of aromatic nitrogens is 2. The highest BCUT2D eigenvalue weighted by molar-refractivity contribution is 7.98. The molecule has 27 heavy (non-hydrogen) atoms. The lowest BCUT2D eigenvalue weighted by molar-refractivity contribution is 0.453. The Labute approximate surface area is 170 Å². The van der Waals surface area contributed by atoms with Crippen LogP contribution in [0, 0.1) is 5.41 Å².